The maximum atomic E-state index is 12.5. The molecule has 2 heterocycles. The van der Waals surface area contributed by atoms with Crippen LogP contribution in [0, 0.1) is 11.3 Å². The Bertz CT molecular complexity index is 801. The van der Waals surface area contributed by atoms with Crippen molar-refractivity contribution in [1.82, 2.24) is 9.88 Å². The lowest BCUT2D eigenvalue weighted by molar-refractivity contribution is 0.0445. The van der Waals surface area contributed by atoms with E-state index in [1.165, 1.54) is 12.3 Å². The van der Waals surface area contributed by atoms with E-state index in [1.807, 2.05) is 24.3 Å². The monoisotopic (exact) mass is 341 g/mol. The number of halogens is 1. The van der Waals surface area contributed by atoms with Crippen molar-refractivity contribution in [2.24, 2.45) is 0 Å². The van der Waals surface area contributed by atoms with Crippen LogP contribution in [0.3, 0.4) is 0 Å². The molecular weight excluding hydrogens is 326 g/mol. The third kappa shape index (κ3) is 3.56. The van der Waals surface area contributed by atoms with Gasteiger partial charge in [-0.1, -0.05) is 23.7 Å². The number of aromatic nitrogens is 1. The highest BCUT2D eigenvalue weighted by atomic mass is 35.5. The lowest BCUT2D eigenvalue weighted by atomic mass is 9.94. The number of carbonyl (C=O) groups excluding carboxylic acids is 1. The topological polar surface area (TPSA) is 77.2 Å². The van der Waals surface area contributed by atoms with Crippen LogP contribution < -0.4 is 0 Å². The Balaban J connectivity index is 1.69. The fourth-order valence-electron chi connectivity index (χ4n) is 2.97. The van der Waals surface area contributed by atoms with Gasteiger partial charge in [-0.25, -0.2) is 4.98 Å². The van der Waals surface area contributed by atoms with E-state index in [0.29, 0.717) is 30.0 Å². The highest BCUT2D eigenvalue weighted by molar-refractivity contribution is 6.30. The number of likely N-dealkylation sites (tertiary alicyclic amines) is 1. The predicted molar refractivity (Wildman–Crippen MR) is 89.6 cm³/mol. The second kappa shape index (κ2) is 6.60. The van der Waals surface area contributed by atoms with Gasteiger partial charge in [-0.15, -0.1) is 0 Å². The summed E-state index contributed by atoms with van der Waals surface area (Å²) in [6, 6.07) is 12.4. The van der Waals surface area contributed by atoms with Crippen LogP contribution in [0.5, 0.6) is 0 Å². The summed E-state index contributed by atoms with van der Waals surface area (Å²) in [6.45, 7) is 0.744. The van der Waals surface area contributed by atoms with Gasteiger partial charge in [0.15, 0.2) is 0 Å². The van der Waals surface area contributed by atoms with Crippen molar-refractivity contribution in [2.45, 2.75) is 18.4 Å². The molecule has 24 heavy (non-hydrogen) atoms. The van der Waals surface area contributed by atoms with E-state index in [4.69, 9.17) is 16.9 Å². The molecule has 1 N–H and O–H groups in total. The molecule has 1 aliphatic rings. The van der Waals surface area contributed by atoms with E-state index in [2.05, 4.69) is 4.98 Å². The number of amides is 1. The average molecular weight is 342 g/mol. The Labute approximate surface area is 145 Å². The van der Waals surface area contributed by atoms with Crippen molar-refractivity contribution in [2.75, 3.05) is 13.1 Å². The Morgan fingerprint density at radius 1 is 1.42 bits per heavy atom. The molecule has 0 bridgehead atoms. The van der Waals surface area contributed by atoms with Gasteiger partial charge in [-0.05, 0) is 36.2 Å². The van der Waals surface area contributed by atoms with Crippen LogP contribution in [0.4, 0.5) is 0 Å². The van der Waals surface area contributed by atoms with Crippen LogP contribution in [0.2, 0.25) is 5.02 Å². The fourth-order valence-corrected chi connectivity index (χ4v) is 3.18. The van der Waals surface area contributed by atoms with E-state index in [0.717, 1.165) is 5.56 Å². The SMILES string of the molecule is N#Cc1ccc(C(=O)N2CCC(O)(Cc3cccc(Cl)c3)C2)cn1. The van der Waals surface area contributed by atoms with Crippen molar-refractivity contribution >= 4 is 17.5 Å². The third-order valence-corrected chi connectivity index (χ3v) is 4.40. The summed E-state index contributed by atoms with van der Waals surface area (Å²) in [5.41, 5.74) is 0.672. The van der Waals surface area contributed by atoms with E-state index < -0.39 is 5.60 Å². The molecule has 0 spiro atoms. The number of aliphatic hydroxyl groups is 1. The zero-order chi connectivity index (χ0) is 17.2. The normalized spacial score (nSPS) is 20.0. The molecule has 0 radical (unpaired) electrons. The average Bonchev–Trinajstić information content (AvgIpc) is 2.96. The summed E-state index contributed by atoms with van der Waals surface area (Å²) >= 11 is 5.98. The van der Waals surface area contributed by atoms with Crippen molar-refractivity contribution in [1.29, 1.82) is 5.26 Å². The second-order valence-corrected chi connectivity index (χ2v) is 6.49. The van der Waals surface area contributed by atoms with E-state index in [-0.39, 0.29) is 18.1 Å². The minimum Gasteiger partial charge on any atom is -0.388 e. The molecule has 1 amide bonds. The zero-order valence-corrected chi connectivity index (χ0v) is 13.7. The Hall–Kier alpha value is -2.42. The number of nitrogens with zero attached hydrogens (tertiary/aromatic N) is 3. The summed E-state index contributed by atoms with van der Waals surface area (Å²) < 4.78 is 0. The Morgan fingerprint density at radius 3 is 2.92 bits per heavy atom. The molecule has 5 nitrogen and oxygen atoms in total. The fraction of sp³-hybridized carbons (Fsp3) is 0.278. The summed E-state index contributed by atoms with van der Waals surface area (Å²) in [6.07, 6.45) is 2.35. The first kappa shape index (κ1) is 16.4. The van der Waals surface area contributed by atoms with Gasteiger partial charge >= 0.3 is 0 Å². The van der Waals surface area contributed by atoms with Gasteiger partial charge in [0.1, 0.15) is 11.8 Å². The Kier molecular flexibility index (Phi) is 4.52. The van der Waals surface area contributed by atoms with E-state index >= 15 is 0 Å². The predicted octanol–water partition coefficient (Wildman–Crippen LogP) is 2.43. The van der Waals surface area contributed by atoms with Crippen molar-refractivity contribution < 1.29 is 9.90 Å². The minimum absolute atomic E-state index is 0.186. The molecule has 1 atom stereocenters. The van der Waals surface area contributed by atoms with Crippen LogP contribution in [0.25, 0.3) is 0 Å². The van der Waals surface area contributed by atoms with Gasteiger partial charge < -0.3 is 10.0 Å². The highest BCUT2D eigenvalue weighted by Crippen LogP contribution is 2.27. The van der Waals surface area contributed by atoms with Crippen LogP contribution in [-0.4, -0.2) is 39.6 Å². The first-order chi connectivity index (χ1) is 11.5. The molecule has 1 saturated heterocycles. The van der Waals surface area contributed by atoms with Gasteiger partial charge in [0.05, 0.1) is 17.7 Å². The van der Waals surface area contributed by atoms with Gasteiger partial charge in [0.2, 0.25) is 0 Å². The van der Waals surface area contributed by atoms with E-state index in [1.54, 1.807) is 17.0 Å². The number of hydrogen-bond donors (Lipinski definition) is 1. The lowest BCUT2D eigenvalue weighted by Crippen LogP contribution is -2.37. The first-order valence-corrected chi connectivity index (χ1v) is 7.99. The van der Waals surface area contributed by atoms with Gasteiger partial charge in [0, 0.05) is 24.2 Å². The van der Waals surface area contributed by atoms with Crippen LogP contribution in [-0.2, 0) is 6.42 Å². The number of hydrogen-bond acceptors (Lipinski definition) is 4. The maximum absolute atomic E-state index is 12.5. The van der Waals surface area contributed by atoms with Crippen molar-refractivity contribution in [3.05, 3.63) is 64.4 Å². The van der Waals surface area contributed by atoms with Crippen molar-refractivity contribution in [3.63, 3.8) is 0 Å². The molecule has 1 aromatic heterocycles. The number of benzene rings is 1. The molecule has 1 aromatic carbocycles. The number of pyridine rings is 1. The maximum Gasteiger partial charge on any atom is 0.255 e. The minimum atomic E-state index is -0.958. The molecule has 0 aliphatic carbocycles. The summed E-state index contributed by atoms with van der Waals surface area (Å²) in [5.74, 6) is -0.186. The van der Waals surface area contributed by atoms with Gasteiger partial charge in [-0.2, -0.15) is 5.26 Å². The molecule has 1 aliphatic heterocycles. The number of nitriles is 1. The second-order valence-electron chi connectivity index (χ2n) is 6.05. The zero-order valence-electron chi connectivity index (χ0n) is 12.9. The quantitative estimate of drug-likeness (QED) is 0.930. The van der Waals surface area contributed by atoms with Gasteiger partial charge in [-0.3, -0.25) is 4.79 Å². The standard InChI is InChI=1S/C18H16ClN3O2/c19-15-3-1-2-13(8-15)9-18(24)6-7-22(12-18)17(23)14-4-5-16(10-20)21-11-14/h1-5,8,11,24H,6-7,9,12H2. The molecule has 2 aromatic rings. The molecule has 1 unspecified atom stereocenters. The van der Waals surface area contributed by atoms with E-state index in [9.17, 15) is 9.90 Å². The van der Waals surface area contributed by atoms with Crippen molar-refractivity contribution in [3.8, 4) is 6.07 Å². The van der Waals surface area contributed by atoms with Gasteiger partial charge in [0.25, 0.3) is 5.91 Å². The smallest absolute Gasteiger partial charge is 0.255 e. The summed E-state index contributed by atoms with van der Waals surface area (Å²) in [4.78, 5) is 18.0. The molecule has 3 rings (SSSR count). The van der Waals surface area contributed by atoms with Crippen LogP contribution in [0.15, 0.2) is 42.6 Å². The molecule has 1 fully saturated rings. The van der Waals surface area contributed by atoms with Crippen LogP contribution >= 0.6 is 11.6 Å². The Morgan fingerprint density at radius 2 is 2.25 bits per heavy atom. The summed E-state index contributed by atoms with van der Waals surface area (Å²) in [7, 11) is 0. The molecule has 122 valence electrons. The summed E-state index contributed by atoms with van der Waals surface area (Å²) in [5, 5.41) is 20.2. The molecular formula is C18H16ClN3O2. The third-order valence-electron chi connectivity index (χ3n) is 4.17. The first-order valence-electron chi connectivity index (χ1n) is 7.61. The number of β-amino-alcohol motifs (C(OH)–C–C–N with tert-alkyl or cyclic N) is 1. The number of carbonyl (C=O) groups is 1. The largest absolute Gasteiger partial charge is 0.388 e. The lowest BCUT2D eigenvalue weighted by Gasteiger charge is -2.23. The molecule has 6 heteroatoms. The van der Waals surface area contributed by atoms with Crippen LogP contribution in [0.1, 0.15) is 28.0 Å². The number of rotatable bonds is 3. The highest BCUT2D eigenvalue weighted by Gasteiger charge is 2.38. The molecule has 0 saturated carbocycles.